The van der Waals surface area contributed by atoms with E-state index in [0.717, 1.165) is 36.6 Å². The summed E-state index contributed by atoms with van der Waals surface area (Å²) in [5.74, 6) is -1.82. The highest BCUT2D eigenvalue weighted by molar-refractivity contribution is 5.94. The molecule has 3 rings (SSSR count). The fourth-order valence-corrected chi connectivity index (χ4v) is 3.88. The molecule has 0 aromatic heterocycles. The largest absolute Gasteiger partial charge is 0.444 e. The molecule has 2 aromatic carbocycles. The van der Waals surface area contributed by atoms with Gasteiger partial charge >= 0.3 is 6.09 Å². The summed E-state index contributed by atoms with van der Waals surface area (Å²) in [7, 11) is 0. The SMILES string of the molecule is CC(C)(C)OC(=O)N1CCC(CC(NC(=O)c2cc(F)ccc2F)c2ccccc2)CC1. The van der Waals surface area contributed by atoms with Gasteiger partial charge in [0.05, 0.1) is 11.6 Å². The smallest absolute Gasteiger partial charge is 0.410 e. The Morgan fingerprint density at radius 1 is 1.09 bits per heavy atom. The van der Waals surface area contributed by atoms with Gasteiger partial charge in [-0.25, -0.2) is 13.6 Å². The monoisotopic (exact) mass is 444 g/mol. The molecule has 1 aliphatic rings. The van der Waals surface area contributed by atoms with Crippen molar-refractivity contribution in [3.8, 4) is 0 Å². The van der Waals surface area contributed by atoms with Gasteiger partial charge in [-0.3, -0.25) is 4.79 Å². The van der Waals surface area contributed by atoms with Gasteiger partial charge in [0.25, 0.3) is 5.91 Å². The van der Waals surface area contributed by atoms with E-state index in [1.807, 2.05) is 51.1 Å². The molecule has 1 N–H and O–H groups in total. The van der Waals surface area contributed by atoms with Crippen LogP contribution in [0.3, 0.4) is 0 Å². The standard InChI is InChI=1S/C25H30F2N2O3/c1-25(2,3)32-24(31)29-13-11-17(12-14-29)15-22(18-7-5-4-6-8-18)28-23(30)20-16-19(26)9-10-21(20)27/h4-10,16-17,22H,11-15H2,1-3H3,(H,28,30). The lowest BCUT2D eigenvalue weighted by molar-refractivity contribution is 0.0178. The molecule has 1 saturated heterocycles. The van der Waals surface area contributed by atoms with Crippen LogP contribution in [0.4, 0.5) is 13.6 Å². The zero-order chi connectivity index (χ0) is 23.3. The van der Waals surface area contributed by atoms with Crippen LogP contribution in [0.2, 0.25) is 0 Å². The summed E-state index contributed by atoms with van der Waals surface area (Å²) in [4.78, 5) is 26.7. The third-order valence-electron chi connectivity index (χ3n) is 5.52. The lowest BCUT2D eigenvalue weighted by atomic mass is 9.87. The number of carbonyl (C=O) groups is 2. The second kappa shape index (κ2) is 10.1. The van der Waals surface area contributed by atoms with Gasteiger partial charge in [0.1, 0.15) is 17.2 Å². The molecule has 0 aliphatic carbocycles. The van der Waals surface area contributed by atoms with E-state index < -0.39 is 23.1 Å². The zero-order valence-electron chi connectivity index (χ0n) is 18.7. The molecule has 0 bridgehead atoms. The minimum absolute atomic E-state index is 0.261. The first-order chi connectivity index (χ1) is 15.1. The number of hydrogen-bond donors (Lipinski definition) is 1. The molecule has 2 amide bonds. The van der Waals surface area contributed by atoms with E-state index >= 15 is 0 Å². The molecule has 5 nitrogen and oxygen atoms in total. The van der Waals surface area contributed by atoms with Gasteiger partial charge in [-0.15, -0.1) is 0 Å². The predicted octanol–water partition coefficient (Wildman–Crippen LogP) is 5.47. The molecule has 1 atom stereocenters. The quantitative estimate of drug-likeness (QED) is 0.665. The maximum Gasteiger partial charge on any atom is 0.410 e. The van der Waals surface area contributed by atoms with E-state index in [9.17, 15) is 18.4 Å². The Morgan fingerprint density at radius 2 is 1.75 bits per heavy atom. The van der Waals surface area contributed by atoms with Crippen LogP contribution in [0.5, 0.6) is 0 Å². The molecule has 172 valence electrons. The maximum absolute atomic E-state index is 14.1. The fraction of sp³-hybridized carbons (Fsp3) is 0.440. The van der Waals surface area contributed by atoms with Crippen LogP contribution in [-0.4, -0.2) is 35.6 Å². The number of hydrogen-bond acceptors (Lipinski definition) is 3. The van der Waals surface area contributed by atoms with Crippen molar-refractivity contribution in [3.63, 3.8) is 0 Å². The molecule has 2 aromatic rings. The van der Waals surface area contributed by atoms with Crippen molar-refractivity contribution in [1.82, 2.24) is 10.2 Å². The van der Waals surface area contributed by atoms with Gasteiger partial charge in [-0.05, 0) is 69.7 Å². The average Bonchev–Trinajstić information content (AvgIpc) is 2.75. The van der Waals surface area contributed by atoms with Crippen molar-refractivity contribution in [1.29, 1.82) is 0 Å². The molecule has 32 heavy (non-hydrogen) atoms. The molecule has 0 spiro atoms. The lowest BCUT2D eigenvalue weighted by Gasteiger charge is -2.35. The van der Waals surface area contributed by atoms with Crippen LogP contribution in [-0.2, 0) is 4.74 Å². The summed E-state index contributed by atoms with van der Waals surface area (Å²) in [6, 6.07) is 11.9. The fourth-order valence-electron chi connectivity index (χ4n) is 3.88. The Balaban J connectivity index is 1.67. The average molecular weight is 445 g/mol. The van der Waals surface area contributed by atoms with Crippen molar-refractivity contribution >= 4 is 12.0 Å². The Kier molecular flexibility index (Phi) is 7.48. The first-order valence-corrected chi connectivity index (χ1v) is 10.9. The van der Waals surface area contributed by atoms with Gasteiger partial charge in [0, 0.05) is 13.1 Å². The number of amides is 2. The van der Waals surface area contributed by atoms with Crippen LogP contribution in [0.1, 0.15) is 62.0 Å². The number of benzene rings is 2. The highest BCUT2D eigenvalue weighted by Gasteiger charge is 2.29. The van der Waals surface area contributed by atoms with Gasteiger partial charge in [-0.1, -0.05) is 30.3 Å². The Bertz CT molecular complexity index is 936. The van der Waals surface area contributed by atoms with E-state index in [-0.39, 0.29) is 23.6 Å². The van der Waals surface area contributed by atoms with E-state index in [1.54, 1.807) is 4.90 Å². The van der Waals surface area contributed by atoms with Crippen LogP contribution in [0.25, 0.3) is 0 Å². The van der Waals surface area contributed by atoms with Crippen molar-refractivity contribution < 1.29 is 23.1 Å². The van der Waals surface area contributed by atoms with Crippen LogP contribution in [0, 0.1) is 17.6 Å². The number of piperidine rings is 1. The molecule has 7 heteroatoms. The van der Waals surface area contributed by atoms with Crippen molar-refractivity contribution in [2.24, 2.45) is 5.92 Å². The second-order valence-corrected chi connectivity index (χ2v) is 9.21. The Morgan fingerprint density at radius 3 is 2.38 bits per heavy atom. The topological polar surface area (TPSA) is 58.6 Å². The Hall–Kier alpha value is -2.96. The van der Waals surface area contributed by atoms with Crippen molar-refractivity contribution in [2.45, 2.75) is 51.7 Å². The first-order valence-electron chi connectivity index (χ1n) is 10.9. The zero-order valence-corrected chi connectivity index (χ0v) is 18.7. The normalized spacial score (nSPS) is 15.8. The highest BCUT2D eigenvalue weighted by atomic mass is 19.1. The van der Waals surface area contributed by atoms with E-state index in [2.05, 4.69) is 5.32 Å². The molecule has 0 saturated carbocycles. The second-order valence-electron chi connectivity index (χ2n) is 9.21. The minimum atomic E-state index is -0.763. The number of ether oxygens (including phenoxy) is 1. The summed E-state index contributed by atoms with van der Waals surface area (Å²) in [5.41, 5.74) is 0.0425. The van der Waals surface area contributed by atoms with Crippen LogP contribution >= 0.6 is 0 Å². The number of likely N-dealkylation sites (tertiary alicyclic amines) is 1. The van der Waals surface area contributed by atoms with Crippen LogP contribution in [0.15, 0.2) is 48.5 Å². The number of nitrogens with zero attached hydrogens (tertiary/aromatic N) is 1. The molecule has 1 fully saturated rings. The summed E-state index contributed by atoms with van der Waals surface area (Å²) < 4.78 is 33.1. The number of nitrogens with one attached hydrogen (secondary N) is 1. The Labute approximate surface area is 187 Å². The van der Waals surface area contributed by atoms with E-state index in [4.69, 9.17) is 4.74 Å². The summed E-state index contributed by atoms with van der Waals surface area (Å²) >= 11 is 0. The van der Waals surface area contributed by atoms with Crippen molar-refractivity contribution in [2.75, 3.05) is 13.1 Å². The first kappa shape index (κ1) is 23.7. The van der Waals surface area contributed by atoms with Crippen molar-refractivity contribution in [3.05, 3.63) is 71.3 Å². The molecule has 0 radical (unpaired) electrons. The molecule has 1 heterocycles. The summed E-state index contributed by atoms with van der Waals surface area (Å²) in [6.07, 6.45) is 1.86. The summed E-state index contributed by atoms with van der Waals surface area (Å²) in [6.45, 7) is 6.67. The number of halogens is 2. The third kappa shape index (κ3) is 6.52. The molecular formula is C25H30F2N2O3. The number of carbonyl (C=O) groups excluding carboxylic acids is 2. The lowest BCUT2D eigenvalue weighted by Crippen LogP contribution is -2.42. The molecular weight excluding hydrogens is 414 g/mol. The van der Waals surface area contributed by atoms with Gasteiger partial charge in [0.2, 0.25) is 0 Å². The van der Waals surface area contributed by atoms with E-state index in [1.165, 1.54) is 0 Å². The summed E-state index contributed by atoms with van der Waals surface area (Å²) in [5, 5.41) is 2.88. The van der Waals surface area contributed by atoms with Gasteiger partial charge in [-0.2, -0.15) is 0 Å². The van der Waals surface area contributed by atoms with Gasteiger partial charge in [0.15, 0.2) is 0 Å². The van der Waals surface area contributed by atoms with E-state index in [0.29, 0.717) is 19.5 Å². The van der Waals surface area contributed by atoms with Crippen LogP contribution < -0.4 is 5.32 Å². The third-order valence-corrected chi connectivity index (χ3v) is 5.52. The van der Waals surface area contributed by atoms with Gasteiger partial charge < -0.3 is 15.0 Å². The predicted molar refractivity (Wildman–Crippen MR) is 118 cm³/mol. The molecule has 1 unspecified atom stereocenters. The number of rotatable bonds is 5. The maximum atomic E-state index is 14.1. The minimum Gasteiger partial charge on any atom is -0.444 e. The highest BCUT2D eigenvalue weighted by Crippen LogP contribution is 2.29. The molecule has 1 aliphatic heterocycles.